The Morgan fingerprint density at radius 3 is 3.00 bits per heavy atom. The molecule has 0 saturated heterocycles. The molecular weight excluding hydrogens is 223 g/mol. The zero-order valence-corrected chi connectivity index (χ0v) is 9.65. The van der Waals surface area contributed by atoms with E-state index in [0.717, 1.165) is 12.8 Å². The van der Waals surface area contributed by atoms with E-state index in [0.29, 0.717) is 18.3 Å². The number of unbranched alkanes of at least 4 members (excludes halogenated alkanes) is 1. The maximum absolute atomic E-state index is 13.8. The second kappa shape index (κ2) is 4.55. The number of aliphatic hydroxyl groups is 1. The molecule has 4 heteroatoms. The van der Waals surface area contributed by atoms with Gasteiger partial charge in [-0.3, -0.25) is 4.79 Å². The fourth-order valence-electron chi connectivity index (χ4n) is 2.28. The number of aliphatic hydroxyl groups excluding tert-OH is 1. The van der Waals surface area contributed by atoms with Crippen LogP contribution in [-0.4, -0.2) is 11.4 Å². The highest BCUT2D eigenvalue weighted by Crippen LogP contribution is 2.45. The third-order valence-corrected chi connectivity index (χ3v) is 3.15. The molecule has 0 spiro atoms. The van der Waals surface area contributed by atoms with Crippen molar-refractivity contribution < 1.29 is 19.0 Å². The zero-order valence-electron chi connectivity index (χ0n) is 9.65. The minimum absolute atomic E-state index is 0.191. The molecule has 1 heterocycles. The molecule has 3 nitrogen and oxygen atoms in total. The maximum atomic E-state index is 13.8. The summed E-state index contributed by atoms with van der Waals surface area (Å²) in [6.45, 7) is 1.98. The highest BCUT2D eigenvalue weighted by molar-refractivity contribution is 5.69. The summed E-state index contributed by atoms with van der Waals surface area (Å²) < 4.78 is 19.1. The van der Waals surface area contributed by atoms with Crippen LogP contribution in [0.15, 0.2) is 18.2 Å². The first kappa shape index (κ1) is 12.2. The van der Waals surface area contributed by atoms with Crippen molar-refractivity contribution in [2.24, 2.45) is 0 Å². The normalized spacial score (nSPS) is 26.9. The molecule has 0 saturated carbocycles. The SMILES string of the molecule is CCCCC1(C=O)OC(O)c2cccc(F)c21. The van der Waals surface area contributed by atoms with Crippen LogP contribution in [0.1, 0.15) is 43.6 Å². The van der Waals surface area contributed by atoms with Crippen molar-refractivity contribution in [3.63, 3.8) is 0 Å². The van der Waals surface area contributed by atoms with Crippen LogP contribution in [-0.2, 0) is 15.1 Å². The molecule has 0 aromatic heterocycles. The highest BCUT2D eigenvalue weighted by Gasteiger charge is 2.46. The van der Waals surface area contributed by atoms with Crippen LogP contribution < -0.4 is 0 Å². The van der Waals surface area contributed by atoms with Gasteiger partial charge in [-0.1, -0.05) is 31.9 Å². The second-order valence-corrected chi connectivity index (χ2v) is 4.29. The average Bonchev–Trinajstić information content (AvgIpc) is 2.62. The van der Waals surface area contributed by atoms with E-state index in [2.05, 4.69) is 0 Å². The monoisotopic (exact) mass is 238 g/mol. The number of halogens is 1. The molecule has 1 aliphatic heterocycles. The standard InChI is InChI=1S/C13H15FO3/c1-2-3-7-13(8-15)11-9(12(16)17-13)5-4-6-10(11)14/h4-6,8,12,16H,2-3,7H2,1H3. The first-order chi connectivity index (χ1) is 8.14. The van der Waals surface area contributed by atoms with Crippen LogP contribution in [0.3, 0.4) is 0 Å². The Hall–Kier alpha value is -1.26. The van der Waals surface area contributed by atoms with E-state index in [1.54, 1.807) is 6.07 Å². The predicted octanol–water partition coefficient (Wildman–Crippen LogP) is 2.43. The number of ether oxygens (including phenoxy) is 1. The quantitative estimate of drug-likeness (QED) is 0.819. The number of aldehydes is 1. The predicted molar refractivity (Wildman–Crippen MR) is 59.7 cm³/mol. The van der Waals surface area contributed by atoms with Crippen molar-refractivity contribution >= 4 is 6.29 Å². The lowest BCUT2D eigenvalue weighted by Crippen LogP contribution is -2.28. The molecule has 1 aromatic carbocycles. The molecule has 0 aliphatic carbocycles. The first-order valence-corrected chi connectivity index (χ1v) is 5.75. The average molecular weight is 238 g/mol. The van der Waals surface area contributed by atoms with Gasteiger partial charge < -0.3 is 9.84 Å². The Labute approximate surface area is 99.2 Å². The van der Waals surface area contributed by atoms with E-state index in [4.69, 9.17) is 4.74 Å². The lowest BCUT2D eigenvalue weighted by molar-refractivity contribution is -0.177. The Morgan fingerprint density at radius 2 is 2.35 bits per heavy atom. The van der Waals surface area contributed by atoms with Gasteiger partial charge in [-0.2, -0.15) is 0 Å². The first-order valence-electron chi connectivity index (χ1n) is 5.75. The summed E-state index contributed by atoms with van der Waals surface area (Å²) in [6, 6.07) is 4.37. The minimum Gasteiger partial charge on any atom is -0.364 e. The Bertz CT molecular complexity index is 433. The molecular formula is C13H15FO3. The Morgan fingerprint density at radius 1 is 1.59 bits per heavy atom. The Balaban J connectivity index is 2.49. The summed E-state index contributed by atoms with van der Waals surface area (Å²) in [5, 5.41) is 9.72. The van der Waals surface area contributed by atoms with Crippen LogP contribution in [0, 0.1) is 5.82 Å². The fourth-order valence-corrected chi connectivity index (χ4v) is 2.28. The van der Waals surface area contributed by atoms with Gasteiger partial charge in [0, 0.05) is 11.1 Å². The summed E-state index contributed by atoms with van der Waals surface area (Å²) >= 11 is 0. The van der Waals surface area contributed by atoms with Crippen LogP contribution in [0.5, 0.6) is 0 Å². The molecule has 92 valence electrons. The van der Waals surface area contributed by atoms with Gasteiger partial charge in [0.15, 0.2) is 18.2 Å². The second-order valence-electron chi connectivity index (χ2n) is 4.29. The molecule has 0 radical (unpaired) electrons. The molecule has 2 atom stereocenters. The van der Waals surface area contributed by atoms with E-state index in [9.17, 15) is 14.3 Å². The number of hydrogen-bond acceptors (Lipinski definition) is 3. The summed E-state index contributed by atoms with van der Waals surface area (Å²) in [6.07, 6.45) is 1.37. The van der Waals surface area contributed by atoms with Crippen molar-refractivity contribution in [2.75, 3.05) is 0 Å². The van der Waals surface area contributed by atoms with Gasteiger partial charge in [0.1, 0.15) is 5.82 Å². The molecule has 1 aliphatic rings. The number of carbonyl (C=O) groups excluding carboxylic acids is 1. The van der Waals surface area contributed by atoms with Crippen molar-refractivity contribution in [1.29, 1.82) is 0 Å². The molecule has 17 heavy (non-hydrogen) atoms. The topological polar surface area (TPSA) is 46.5 Å². The highest BCUT2D eigenvalue weighted by atomic mass is 19.1. The van der Waals surface area contributed by atoms with Gasteiger partial charge in [0.25, 0.3) is 0 Å². The number of rotatable bonds is 4. The van der Waals surface area contributed by atoms with Crippen molar-refractivity contribution in [1.82, 2.24) is 0 Å². The Kier molecular flexibility index (Phi) is 3.26. The van der Waals surface area contributed by atoms with Crippen LogP contribution in [0.2, 0.25) is 0 Å². The summed E-state index contributed by atoms with van der Waals surface area (Å²) in [5.41, 5.74) is -0.778. The minimum atomic E-state index is -1.32. The van der Waals surface area contributed by atoms with Crippen LogP contribution in [0.4, 0.5) is 4.39 Å². The van der Waals surface area contributed by atoms with Crippen LogP contribution in [0.25, 0.3) is 0 Å². The van der Waals surface area contributed by atoms with Gasteiger partial charge in [0.2, 0.25) is 0 Å². The van der Waals surface area contributed by atoms with Gasteiger partial charge in [-0.15, -0.1) is 0 Å². The number of fused-ring (bicyclic) bond motifs is 1. The van der Waals surface area contributed by atoms with Gasteiger partial charge in [-0.25, -0.2) is 4.39 Å². The third-order valence-electron chi connectivity index (χ3n) is 3.15. The molecule has 2 unspecified atom stereocenters. The van der Waals surface area contributed by atoms with Crippen LogP contribution >= 0.6 is 0 Å². The van der Waals surface area contributed by atoms with E-state index in [1.807, 2.05) is 6.92 Å². The summed E-state index contributed by atoms with van der Waals surface area (Å²) in [7, 11) is 0. The van der Waals surface area contributed by atoms with E-state index < -0.39 is 17.7 Å². The van der Waals surface area contributed by atoms with Gasteiger partial charge in [-0.05, 0) is 12.5 Å². The lowest BCUT2D eigenvalue weighted by atomic mass is 9.88. The molecule has 1 aromatic rings. The van der Waals surface area contributed by atoms with Crippen molar-refractivity contribution in [3.05, 3.63) is 35.1 Å². The van der Waals surface area contributed by atoms with Crippen molar-refractivity contribution in [3.8, 4) is 0 Å². The number of benzene rings is 1. The van der Waals surface area contributed by atoms with Crippen molar-refractivity contribution in [2.45, 2.75) is 38.1 Å². The molecule has 1 N–H and O–H groups in total. The third kappa shape index (κ3) is 1.87. The molecule has 0 bridgehead atoms. The lowest BCUT2D eigenvalue weighted by Gasteiger charge is -2.23. The van der Waals surface area contributed by atoms with E-state index >= 15 is 0 Å². The zero-order chi connectivity index (χ0) is 12.5. The largest absolute Gasteiger partial charge is 0.364 e. The number of carbonyl (C=O) groups is 1. The molecule has 2 rings (SSSR count). The maximum Gasteiger partial charge on any atom is 0.183 e. The fraction of sp³-hybridized carbons (Fsp3) is 0.462. The van der Waals surface area contributed by atoms with Gasteiger partial charge >= 0.3 is 0 Å². The summed E-state index contributed by atoms with van der Waals surface area (Å²) in [4.78, 5) is 11.3. The summed E-state index contributed by atoms with van der Waals surface area (Å²) in [5.74, 6) is -0.498. The van der Waals surface area contributed by atoms with E-state index in [-0.39, 0.29) is 5.56 Å². The van der Waals surface area contributed by atoms with E-state index in [1.165, 1.54) is 12.1 Å². The van der Waals surface area contributed by atoms with Gasteiger partial charge in [0.05, 0.1) is 0 Å². The molecule has 0 fully saturated rings. The number of hydrogen-bond donors (Lipinski definition) is 1. The smallest absolute Gasteiger partial charge is 0.183 e. The molecule has 0 amide bonds.